The Morgan fingerprint density at radius 3 is 2.42 bits per heavy atom. The van der Waals surface area contributed by atoms with Crippen LogP contribution in [0.15, 0.2) is 30.3 Å². The molecule has 19 heavy (non-hydrogen) atoms. The molecule has 1 saturated heterocycles. The quantitative estimate of drug-likeness (QED) is 0.707. The second kappa shape index (κ2) is 6.20. The second-order valence-corrected chi connectivity index (χ2v) is 5.10. The molecule has 0 N–H and O–H groups in total. The van der Waals surface area contributed by atoms with Crippen molar-refractivity contribution in [3.63, 3.8) is 0 Å². The van der Waals surface area contributed by atoms with Crippen molar-refractivity contribution >= 4 is 5.91 Å². The maximum Gasteiger partial charge on any atom is 0.257 e. The standard InChI is InChI=1S/C16H23NO2/c1-3-17(4-2)15(18)16(13-19-16)12-8-11-14-9-6-5-7-10-14/h5-7,9-10H,3-4,8,11-13H2,1-2H3/t16-/m1/s1. The van der Waals surface area contributed by atoms with Gasteiger partial charge in [0.25, 0.3) is 5.91 Å². The first-order chi connectivity index (χ1) is 9.22. The summed E-state index contributed by atoms with van der Waals surface area (Å²) in [7, 11) is 0. The predicted molar refractivity (Wildman–Crippen MR) is 76.0 cm³/mol. The number of hydrogen-bond acceptors (Lipinski definition) is 2. The summed E-state index contributed by atoms with van der Waals surface area (Å²) in [5, 5.41) is 0. The summed E-state index contributed by atoms with van der Waals surface area (Å²) in [5.74, 6) is 0.172. The lowest BCUT2D eigenvalue weighted by molar-refractivity contribution is -0.136. The summed E-state index contributed by atoms with van der Waals surface area (Å²) in [6.45, 7) is 6.15. The van der Waals surface area contributed by atoms with Crippen molar-refractivity contribution in [2.24, 2.45) is 0 Å². The fourth-order valence-corrected chi connectivity index (χ4v) is 2.48. The van der Waals surface area contributed by atoms with Crippen molar-refractivity contribution in [2.75, 3.05) is 19.7 Å². The normalized spacial score (nSPS) is 21.2. The molecule has 1 aliphatic rings. The number of hydrogen-bond donors (Lipinski definition) is 0. The number of carbonyl (C=O) groups is 1. The molecular formula is C16H23NO2. The van der Waals surface area contributed by atoms with Crippen LogP contribution in [0.5, 0.6) is 0 Å². The van der Waals surface area contributed by atoms with Gasteiger partial charge in [-0.05, 0) is 38.7 Å². The third-order valence-electron chi connectivity index (χ3n) is 3.82. The maximum absolute atomic E-state index is 12.3. The average Bonchev–Trinajstić information content (AvgIpc) is 3.22. The van der Waals surface area contributed by atoms with E-state index in [1.807, 2.05) is 24.8 Å². The molecule has 2 rings (SSSR count). The molecule has 3 heteroatoms. The van der Waals surface area contributed by atoms with Crippen LogP contribution in [0.3, 0.4) is 0 Å². The molecule has 0 spiro atoms. The molecule has 1 heterocycles. The molecular weight excluding hydrogens is 238 g/mol. The van der Waals surface area contributed by atoms with Crippen LogP contribution < -0.4 is 0 Å². The molecule has 0 aromatic heterocycles. The molecule has 1 fully saturated rings. The van der Waals surface area contributed by atoms with Crippen LogP contribution in [0.2, 0.25) is 0 Å². The van der Waals surface area contributed by atoms with E-state index in [1.165, 1.54) is 5.56 Å². The van der Waals surface area contributed by atoms with Gasteiger partial charge in [-0.15, -0.1) is 0 Å². The van der Waals surface area contributed by atoms with Crippen molar-refractivity contribution in [2.45, 2.75) is 38.7 Å². The van der Waals surface area contributed by atoms with Gasteiger partial charge in [-0.25, -0.2) is 0 Å². The van der Waals surface area contributed by atoms with Gasteiger partial charge in [0.05, 0.1) is 6.61 Å². The van der Waals surface area contributed by atoms with Crippen molar-refractivity contribution in [3.8, 4) is 0 Å². The number of rotatable bonds is 7. The Labute approximate surface area is 115 Å². The van der Waals surface area contributed by atoms with E-state index in [-0.39, 0.29) is 5.91 Å². The van der Waals surface area contributed by atoms with Gasteiger partial charge < -0.3 is 9.64 Å². The van der Waals surface area contributed by atoms with Crippen molar-refractivity contribution in [1.29, 1.82) is 0 Å². The molecule has 0 unspecified atom stereocenters. The number of aryl methyl sites for hydroxylation is 1. The van der Waals surface area contributed by atoms with Crippen molar-refractivity contribution < 1.29 is 9.53 Å². The summed E-state index contributed by atoms with van der Waals surface area (Å²) in [5.41, 5.74) is 0.828. The fourth-order valence-electron chi connectivity index (χ4n) is 2.48. The maximum atomic E-state index is 12.3. The Bertz CT molecular complexity index is 408. The van der Waals surface area contributed by atoms with E-state index in [2.05, 4.69) is 24.3 Å². The smallest absolute Gasteiger partial charge is 0.257 e. The highest BCUT2D eigenvalue weighted by atomic mass is 16.6. The van der Waals surface area contributed by atoms with Gasteiger partial charge in [0.1, 0.15) is 0 Å². The SMILES string of the molecule is CCN(CC)C(=O)[C@@]1(CCCc2ccccc2)CO1. The molecule has 0 aliphatic carbocycles. The highest BCUT2D eigenvalue weighted by Crippen LogP contribution is 2.34. The fraction of sp³-hybridized carbons (Fsp3) is 0.562. The molecule has 1 aromatic carbocycles. The zero-order chi connectivity index (χ0) is 13.7. The number of nitrogens with zero attached hydrogens (tertiary/aromatic N) is 1. The first-order valence-electron chi connectivity index (χ1n) is 7.19. The molecule has 1 atom stereocenters. The van der Waals surface area contributed by atoms with Crippen LogP contribution in [0.1, 0.15) is 32.3 Å². The first kappa shape index (κ1) is 14.1. The third-order valence-corrected chi connectivity index (χ3v) is 3.82. The van der Waals surface area contributed by atoms with Crippen LogP contribution in [0.4, 0.5) is 0 Å². The van der Waals surface area contributed by atoms with Crippen LogP contribution >= 0.6 is 0 Å². The van der Waals surface area contributed by atoms with Crippen molar-refractivity contribution in [3.05, 3.63) is 35.9 Å². The Morgan fingerprint density at radius 2 is 1.89 bits per heavy atom. The lowest BCUT2D eigenvalue weighted by Gasteiger charge is -2.22. The van der Waals surface area contributed by atoms with E-state index in [1.54, 1.807) is 0 Å². The lowest BCUT2D eigenvalue weighted by Crippen LogP contribution is -2.41. The average molecular weight is 261 g/mol. The van der Waals surface area contributed by atoms with Gasteiger partial charge in [-0.2, -0.15) is 0 Å². The van der Waals surface area contributed by atoms with Gasteiger partial charge in [0.15, 0.2) is 5.60 Å². The Balaban J connectivity index is 1.83. The summed E-state index contributed by atoms with van der Waals surface area (Å²) >= 11 is 0. The van der Waals surface area contributed by atoms with Crippen LogP contribution in [-0.4, -0.2) is 36.1 Å². The summed E-state index contributed by atoms with van der Waals surface area (Å²) < 4.78 is 5.49. The summed E-state index contributed by atoms with van der Waals surface area (Å²) in [6, 6.07) is 10.4. The number of epoxide rings is 1. The van der Waals surface area contributed by atoms with Crippen molar-refractivity contribution in [1.82, 2.24) is 4.90 Å². The molecule has 3 nitrogen and oxygen atoms in total. The summed E-state index contributed by atoms with van der Waals surface area (Å²) in [6.07, 6.45) is 2.84. The monoisotopic (exact) mass is 261 g/mol. The second-order valence-electron chi connectivity index (χ2n) is 5.10. The van der Waals surface area contributed by atoms with E-state index in [9.17, 15) is 4.79 Å². The highest BCUT2D eigenvalue weighted by molar-refractivity contribution is 5.87. The van der Waals surface area contributed by atoms with Gasteiger partial charge in [0.2, 0.25) is 0 Å². The van der Waals surface area contributed by atoms with Gasteiger partial charge in [-0.1, -0.05) is 30.3 Å². The van der Waals surface area contributed by atoms with E-state index < -0.39 is 5.60 Å². The van der Waals surface area contributed by atoms with E-state index in [4.69, 9.17) is 4.74 Å². The minimum Gasteiger partial charge on any atom is -0.359 e. The minimum atomic E-state index is -0.499. The molecule has 0 bridgehead atoms. The topological polar surface area (TPSA) is 32.8 Å². The molecule has 1 aromatic rings. The van der Waals surface area contributed by atoms with Gasteiger partial charge in [0, 0.05) is 13.1 Å². The molecule has 104 valence electrons. The van der Waals surface area contributed by atoms with Crippen LogP contribution in [-0.2, 0) is 16.0 Å². The summed E-state index contributed by atoms with van der Waals surface area (Å²) in [4.78, 5) is 14.2. The zero-order valence-electron chi connectivity index (χ0n) is 11.9. The molecule has 1 amide bonds. The molecule has 0 saturated carbocycles. The highest BCUT2D eigenvalue weighted by Gasteiger charge is 2.52. The number of amides is 1. The lowest BCUT2D eigenvalue weighted by atomic mass is 9.99. The number of carbonyl (C=O) groups excluding carboxylic acids is 1. The van der Waals surface area contributed by atoms with E-state index >= 15 is 0 Å². The Kier molecular flexibility index (Phi) is 4.59. The van der Waals surface area contributed by atoms with E-state index in [0.717, 1.165) is 32.4 Å². The minimum absolute atomic E-state index is 0.172. The van der Waals surface area contributed by atoms with Crippen LogP contribution in [0.25, 0.3) is 0 Å². The number of likely N-dealkylation sites (N-methyl/N-ethyl adjacent to an activating group) is 1. The number of benzene rings is 1. The predicted octanol–water partition coefficient (Wildman–Crippen LogP) is 2.65. The Morgan fingerprint density at radius 1 is 1.26 bits per heavy atom. The molecule has 1 aliphatic heterocycles. The molecule has 0 radical (unpaired) electrons. The zero-order valence-corrected chi connectivity index (χ0v) is 11.9. The van der Waals surface area contributed by atoms with Crippen LogP contribution in [0, 0.1) is 0 Å². The number of ether oxygens (including phenoxy) is 1. The van der Waals surface area contributed by atoms with E-state index in [0.29, 0.717) is 6.61 Å². The third kappa shape index (κ3) is 3.35. The van der Waals surface area contributed by atoms with Gasteiger partial charge >= 0.3 is 0 Å². The van der Waals surface area contributed by atoms with Gasteiger partial charge in [-0.3, -0.25) is 4.79 Å². The Hall–Kier alpha value is -1.35. The largest absolute Gasteiger partial charge is 0.359 e. The first-order valence-corrected chi connectivity index (χ1v) is 7.19.